The van der Waals surface area contributed by atoms with E-state index in [-0.39, 0.29) is 5.91 Å². The van der Waals surface area contributed by atoms with Crippen molar-refractivity contribution in [3.63, 3.8) is 0 Å². The number of hydrogen-bond donors (Lipinski definition) is 2. The average Bonchev–Trinajstić information content (AvgIpc) is 2.33. The maximum absolute atomic E-state index is 11.8. The molecule has 1 aromatic heterocycles. The molecule has 0 aliphatic carbocycles. The minimum atomic E-state index is 0.0109. The molecule has 1 saturated heterocycles. The van der Waals surface area contributed by atoms with Gasteiger partial charge in [0.25, 0.3) is 5.91 Å². The number of nitrogens with one attached hydrogen (secondary N) is 2. The molecule has 0 atom stereocenters. The number of halogens is 1. The second-order valence-electron chi connectivity index (χ2n) is 4.38. The highest BCUT2D eigenvalue weighted by Gasteiger charge is 2.17. The van der Waals surface area contributed by atoms with Crippen LogP contribution in [0, 0.1) is 0 Å². The van der Waals surface area contributed by atoms with E-state index in [4.69, 9.17) is 11.6 Å². The summed E-state index contributed by atoms with van der Waals surface area (Å²) >= 11 is 5.88. The Labute approximate surface area is 106 Å². The first kappa shape index (κ1) is 12.3. The first-order chi connectivity index (χ1) is 8.25. The second kappa shape index (κ2) is 5.98. The summed E-state index contributed by atoms with van der Waals surface area (Å²) in [4.78, 5) is 17.1. The molecule has 17 heavy (non-hydrogen) atoms. The molecule has 1 amide bonds. The van der Waals surface area contributed by atoms with E-state index in [0.29, 0.717) is 17.4 Å². The molecular formula is C12H17ClN3O+. The Kier molecular flexibility index (Phi) is 4.34. The van der Waals surface area contributed by atoms with Gasteiger partial charge in [-0.3, -0.25) is 4.79 Å². The topological polar surface area (TPSA) is 46.4 Å². The standard InChI is InChI=1S/C12H16ClN3O/c13-12-10(5-4-6-14-12)15-11(17)9-16-7-2-1-3-8-16/h4-6H,1-3,7-9H2,(H,15,17)/p+1. The van der Waals surface area contributed by atoms with E-state index in [0.717, 1.165) is 13.1 Å². The first-order valence-electron chi connectivity index (χ1n) is 5.99. The number of amides is 1. The fourth-order valence-corrected chi connectivity index (χ4v) is 2.30. The maximum Gasteiger partial charge on any atom is 0.279 e. The lowest BCUT2D eigenvalue weighted by atomic mass is 10.1. The summed E-state index contributed by atoms with van der Waals surface area (Å²) in [5.41, 5.74) is 0.593. The van der Waals surface area contributed by atoms with E-state index in [1.54, 1.807) is 18.3 Å². The lowest BCUT2D eigenvalue weighted by Crippen LogP contribution is -3.13. The highest BCUT2D eigenvalue weighted by molar-refractivity contribution is 6.32. The van der Waals surface area contributed by atoms with Crippen LogP contribution in [0.25, 0.3) is 0 Å². The third-order valence-electron chi connectivity index (χ3n) is 3.00. The van der Waals surface area contributed by atoms with E-state index in [1.165, 1.54) is 24.2 Å². The van der Waals surface area contributed by atoms with Crippen molar-refractivity contribution >= 4 is 23.2 Å². The minimum Gasteiger partial charge on any atom is -0.327 e. The first-order valence-corrected chi connectivity index (χ1v) is 6.37. The molecule has 0 spiro atoms. The Bertz CT molecular complexity index is 391. The number of likely N-dealkylation sites (tertiary alicyclic amines) is 1. The van der Waals surface area contributed by atoms with E-state index in [9.17, 15) is 4.79 Å². The van der Waals surface area contributed by atoms with Crippen molar-refractivity contribution in [2.24, 2.45) is 0 Å². The van der Waals surface area contributed by atoms with Crippen LogP contribution in [0.3, 0.4) is 0 Å². The molecule has 0 radical (unpaired) electrons. The number of rotatable bonds is 3. The Hall–Kier alpha value is -1.13. The third-order valence-corrected chi connectivity index (χ3v) is 3.31. The number of piperidine rings is 1. The fourth-order valence-electron chi connectivity index (χ4n) is 2.13. The maximum atomic E-state index is 11.8. The summed E-state index contributed by atoms with van der Waals surface area (Å²) in [5, 5.41) is 3.15. The van der Waals surface area contributed by atoms with Crippen molar-refractivity contribution < 1.29 is 9.69 Å². The zero-order valence-corrected chi connectivity index (χ0v) is 10.5. The van der Waals surface area contributed by atoms with Crippen LogP contribution in [-0.2, 0) is 4.79 Å². The van der Waals surface area contributed by atoms with Crippen molar-refractivity contribution in [2.45, 2.75) is 19.3 Å². The second-order valence-corrected chi connectivity index (χ2v) is 4.74. The highest BCUT2D eigenvalue weighted by atomic mass is 35.5. The van der Waals surface area contributed by atoms with Crippen LogP contribution >= 0.6 is 11.6 Å². The van der Waals surface area contributed by atoms with Crippen LogP contribution in [-0.4, -0.2) is 30.5 Å². The molecule has 5 heteroatoms. The number of pyridine rings is 1. The molecule has 92 valence electrons. The van der Waals surface area contributed by atoms with Crippen molar-refractivity contribution in [1.82, 2.24) is 4.98 Å². The van der Waals surface area contributed by atoms with Gasteiger partial charge in [-0.2, -0.15) is 0 Å². The Morgan fingerprint density at radius 1 is 1.41 bits per heavy atom. The van der Waals surface area contributed by atoms with Crippen LogP contribution in [0.15, 0.2) is 18.3 Å². The average molecular weight is 255 g/mol. The van der Waals surface area contributed by atoms with Crippen LogP contribution in [0.1, 0.15) is 19.3 Å². The summed E-state index contributed by atoms with van der Waals surface area (Å²) in [6, 6.07) is 3.52. The smallest absolute Gasteiger partial charge is 0.279 e. The van der Waals surface area contributed by atoms with E-state index >= 15 is 0 Å². The number of hydrogen-bond acceptors (Lipinski definition) is 2. The molecule has 2 N–H and O–H groups in total. The van der Waals surface area contributed by atoms with Gasteiger partial charge in [-0.1, -0.05) is 11.6 Å². The van der Waals surface area contributed by atoms with Crippen LogP contribution in [0.4, 0.5) is 5.69 Å². The van der Waals surface area contributed by atoms with Crippen molar-refractivity contribution in [3.8, 4) is 0 Å². The monoisotopic (exact) mass is 254 g/mol. The van der Waals surface area contributed by atoms with Crippen molar-refractivity contribution in [1.29, 1.82) is 0 Å². The summed E-state index contributed by atoms with van der Waals surface area (Å²) in [6.45, 7) is 2.70. The van der Waals surface area contributed by atoms with Gasteiger partial charge in [0.05, 0.1) is 18.8 Å². The number of anilines is 1. The number of nitrogens with zero attached hydrogens (tertiary/aromatic N) is 1. The summed E-state index contributed by atoms with van der Waals surface area (Å²) in [7, 11) is 0. The Morgan fingerprint density at radius 3 is 2.88 bits per heavy atom. The minimum absolute atomic E-state index is 0.0109. The molecule has 4 nitrogen and oxygen atoms in total. The van der Waals surface area contributed by atoms with E-state index in [2.05, 4.69) is 10.3 Å². The largest absolute Gasteiger partial charge is 0.327 e. The van der Waals surface area contributed by atoms with Gasteiger partial charge >= 0.3 is 0 Å². The normalized spacial score (nSPS) is 16.8. The zero-order valence-electron chi connectivity index (χ0n) is 9.71. The summed E-state index contributed by atoms with van der Waals surface area (Å²) < 4.78 is 0. The molecule has 2 heterocycles. The van der Waals surface area contributed by atoms with Gasteiger partial charge in [0.1, 0.15) is 0 Å². The van der Waals surface area contributed by atoms with E-state index in [1.807, 2.05) is 0 Å². The van der Waals surface area contributed by atoms with Gasteiger partial charge in [0, 0.05) is 6.20 Å². The van der Waals surface area contributed by atoms with Gasteiger partial charge in [0.2, 0.25) is 0 Å². The zero-order chi connectivity index (χ0) is 12.1. The van der Waals surface area contributed by atoms with Crippen molar-refractivity contribution in [3.05, 3.63) is 23.5 Å². The van der Waals surface area contributed by atoms with Gasteiger partial charge in [-0.05, 0) is 31.4 Å². The third kappa shape index (κ3) is 3.68. The molecule has 1 aliphatic heterocycles. The van der Waals surface area contributed by atoms with Gasteiger partial charge in [-0.25, -0.2) is 4.98 Å². The van der Waals surface area contributed by atoms with Gasteiger partial charge in [-0.15, -0.1) is 0 Å². The van der Waals surface area contributed by atoms with E-state index < -0.39 is 0 Å². The summed E-state index contributed by atoms with van der Waals surface area (Å²) in [5.74, 6) is 0.0109. The molecule has 1 aromatic rings. The van der Waals surface area contributed by atoms with Gasteiger partial charge < -0.3 is 10.2 Å². The van der Waals surface area contributed by atoms with Crippen LogP contribution in [0.5, 0.6) is 0 Å². The Morgan fingerprint density at radius 2 is 2.18 bits per heavy atom. The molecular weight excluding hydrogens is 238 g/mol. The molecule has 0 bridgehead atoms. The lowest BCUT2D eigenvalue weighted by Gasteiger charge is -2.22. The molecule has 1 aliphatic rings. The van der Waals surface area contributed by atoms with Crippen molar-refractivity contribution in [2.75, 3.05) is 25.0 Å². The quantitative estimate of drug-likeness (QED) is 0.782. The fraction of sp³-hybridized carbons (Fsp3) is 0.500. The van der Waals surface area contributed by atoms with Crippen LogP contribution < -0.4 is 10.2 Å². The SMILES string of the molecule is O=C(C[NH+]1CCCCC1)Nc1cccnc1Cl. The van der Waals surface area contributed by atoms with Crippen LogP contribution in [0.2, 0.25) is 5.15 Å². The predicted octanol–water partition coefficient (Wildman–Crippen LogP) is 0.742. The molecule has 0 aromatic carbocycles. The number of aromatic nitrogens is 1. The summed E-state index contributed by atoms with van der Waals surface area (Å²) in [6.07, 6.45) is 5.33. The lowest BCUT2D eigenvalue weighted by molar-refractivity contribution is -0.896. The molecule has 2 rings (SSSR count). The highest BCUT2D eigenvalue weighted by Crippen LogP contribution is 2.16. The molecule has 1 fully saturated rings. The number of carbonyl (C=O) groups is 1. The predicted molar refractivity (Wildman–Crippen MR) is 67.3 cm³/mol. The molecule has 0 saturated carbocycles. The number of quaternary nitrogens is 1. The molecule has 0 unspecified atom stereocenters. The number of carbonyl (C=O) groups excluding carboxylic acids is 1. The van der Waals surface area contributed by atoms with Gasteiger partial charge in [0.15, 0.2) is 11.7 Å². The Balaban J connectivity index is 1.86.